The van der Waals surface area contributed by atoms with E-state index in [-0.39, 0.29) is 21.5 Å². The highest BCUT2D eigenvalue weighted by Gasteiger charge is 2.28. The monoisotopic (exact) mass is 479 g/mol. The molecule has 0 spiro atoms. The van der Waals surface area contributed by atoms with E-state index in [0.29, 0.717) is 13.1 Å². The van der Waals surface area contributed by atoms with Crippen molar-refractivity contribution in [1.29, 1.82) is 0 Å². The van der Waals surface area contributed by atoms with Gasteiger partial charge in [-0.1, -0.05) is 90.6 Å². The van der Waals surface area contributed by atoms with Crippen LogP contribution in [-0.2, 0) is 13.1 Å². The smallest absolute Gasteiger partial charge is 0.342 e. The molecule has 5 rings (SSSR count). The van der Waals surface area contributed by atoms with Gasteiger partial charge < -0.3 is 4.90 Å². The fourth-order valence-corrected chi connectivity index (χ4v) is 4.88. The van der Waals surface area contributed by atoms with Crippen molar-refractivity contribution in [3.8, 4) is 0 Å². The molecule has 35 heavy (non-hydrogen) atoms. The summed E-state index contributed by atoms with van der Waals surface area (Å²) in [7, 11) is 0. The second-order valence-corrected chi connectivity index (χ2v) is 8.90. The van der Waals surface area contributed by atoms with Gasteiger partial charge >= 0.3 is 5.69 Å². The summed E-state index contributed by atoms with van der Waals surface area (Å²) in [6.07, 6.45) is 3.11. The van der Waals surface area contributed by atoms with Crippen LogP contribution in [0.4, 0.5) is 11.5 Å². The van der Waals surface area contributed by atoms with Crippen molar-refractivity contribution in [3.63, 3.8) is 0 Å². The summed E-state index contributed by atoms with van der Waals surface area (Å²) >= 11 is 1.23. The molecule has 7 nitrogen and oxygen atoms in total. The van der Waals surface area contributed by atoms with Crippen molar-refractivity contribution in [2.75, 3.05) is 4.90 Å². The number of hydrogen-bond acceptors (Lipinski definition) is 7. The third kappa shape index (κ3) is 5.12. The van der Waals surface area contributed by atoms with Crippen LogP contribution in [0.1, 0.15) is 11.1 Å². The van der Waals surface area contributed by atoms with E-state index in [1.54, 1.807) is 6.20 Å². The number of nitro groups is 1. The average molecular weight is 480 g/mol. The number of hydrogen-bond donors (Lipinski definition) is 0. The summed E-state index contributed by atoms with van der Waals surface area (Å²) in [6.45, 7) is 0.932. The van der Waals surface area contributed by atoms with Crippen LogP contribution in [0.2, 0.25) is 0 Å². The molecule has 5 aromatic rings. The van der Waals surface area contributed by atoms with E-state index < -0.39 is 0 Å². The third-order valence-corrected chi connectivity index (χ3v) is 6.53. The van der Waals surface area contributed by atoms with Crippen LogP contribution in [0.15, 0.2) is 113 Å². The molecule has 0 aliphatic carbocycles. The Kier molecular flexibility index (Phi) is 6.63. The molecule has 0 bridgehead atoms. The summed E-state index contributed by atoms with van der Waals surface area (Å²) in [5, 5.41) is 13.6. The first-order valence-corrected chi connectivity index (χ1v) is 11.8. The Balaban J connectivity index is 1.58. The molecule has 0 fully saturated rings. The summed E-state index contributed by atoms with van der Waals surface area (Å²) in [4.78, 5) is 27.9. The van der Waals surface area contributed by atoms with E-state index in [9.17, 15) is 10.1 Å². The predicted molar refractivity (Wildman–Crippen MR) is 137 cm³/mol. The van der Waals surface area contributed by atoms with Gasteiger partial charge in [-0.25, -0.2) is 9.97 Å². The quantitative estimate of drug-likeness (QED) is 0.147. The molecule has 0 atom stereocenters. The molecular formula is C27H21N5O2S. The fourth-order valence-electron chi connectivity index (χ4n) is 3.90. The van der Waals surface area contributed by atoms with E-state index in [2.05, 4.69) is 15.0 Å². The number of rotatable bonds is 8. The number of nitrogens with zero attached hydrogens (tertiary/aromatic N) is 5. The molecule has 0 saturated heterocycles. The van der Waals surface area contributed by atoms with Gasteiger partial charge in [0.05, 0.1) is 10.4 Å². The maximum atomic E-state index is 12.4. The summed E-state index contributed by atoms with van der Waals surface area (Å²) in [6, 6.07) is 29.4. The average Bonchev–Trinajstić information content (AvgIpc) is 2.89. The number of anilines is 1. The van der Waals surface area contributed by atoms with Crippen molar-refractivity contribution < 1.29 is 4.92 Å². The maximum Gasteiger partial charge on any atom is 0.343 e. The molecule has 0 aliphatic heterocycles. The third-order valence-electron chi connectivity index (χ3n) is 5.49. The second-order valence-electron chi connectivity index (χ2n) is 7.87. The number of para-hydroxylation sites is 1. The highest BCUT2D eigenvalue weighted by molar-refractivity contribution is 7.99. The highest BCUT2D eigenvalue weighted by Crippen LogP contribution is 2.40. The normalized spacial score (nSPS) is 10.9. The number of pyridine rings is 1. The van der Waals surface area contributed by atoms with Crippen LogP contribution in [0.25, 0.3) is 10.9 Å². The lowest BCUT2D eigenvalue weighted by molar-refractivity contribution is -0.387. The molecule has 0 aliphatic rings. The van der Waals surface area contributed by atoms with Gasteiger partial charge in [-0.3, -0.25) is 15.1 Å². The Labute approximate surface area is 206 Å². The van der Waals surface area contributed by atoms with Crippen molar-refractivity contribution >= 4 is 34.2 Å². The van der Waals surface area contributed by atoms with Crippen LogP contribution < -0.4 is 4.90 Å². The first-order chi connectivity index (χ1) is 17.2. The van der Waals surface area contributed by atoms with Gasteiger partial charge in [0.1, 0.15) is 6.33 Å². The number of fused-ring (bicyclic) bond motifs is 1. The summed E-state index contributed by atoms with van der Waals surface area (Å²) in [5.74, 6) is 0.286. The van der Waals surface area contributed by atoms with Gasteiger partial charge in [0.15, 0.2) is 5.03 Å². The van der Waals surface area contributed by atoms with E-state index in [4.69, 9.17) is 0 Å². The molecule has 0 amide bonds. The van der Waals surface area contributed by atoms with Crippen LogP contribution in [-0.4, -0.2) is 19.9 Å². The second kappa shape index (κ2) is 10.3. The van der Waals surface area contributed by atoms with E-state index in [1.807, 2.05) is 95.9 Å². The first-order valence-electron chi connectivity index (χ1n) is 11.0. The van der Waals surface area contributed by atoms with Gasteiger partial charge in [0, 0.05) is 29.6 Å². The standard InChI is InChI=1S/C27H21N5O2S/c33-32(34)25-26(31(17-20-9-3-1-4-10-20)18-21-11-5-2-6-12-21)29-19-30-27(25)35-23-15-7-13-22-14-8-16-28-24(22)23/h1-16,19H,17-18H2. The van der Waals surface area contributed by atoms with Gasteiger partial charge in [0.2, 0.25) is 5.82 Å². The molecular weight excluding hydrogens is 458 g/mol. The SMILES string of the molecule is O=[N+]([O-])c1c(Sc2cccc3cccnc23)ncnc1N(Cc1ccccc1)Cc1ccccc1. The van der Waals surface area contributed by atoms with Gasteiger partial charge in [-0.15, -0.1) is 0 Å². The zero-order valence-electron chi connectivity index (χ0n) is 18.7. The molecule has 2 aromatic heterocycles. The molecule has 2 heterocycles. The Morgan fingerprint density at radius 2 is 1.43 bits per heavy atom. The van der Waals surface area contributed by atoms with Gasteiger partial charge in [0.25, 0.3) is 0 Å². The molecule has 0 N–H and O–H groups in total. The van der Waals surface area contributed by atoms with Crippen LogP contribution in [0, 0.1) is 10.1 Å². The van der Waals surface area contributed by atoms with Crippen LogP contribution in [0.5, 0.6) is 0 Å². The Bertz CT molecular complexity index is 1420. The zero-order valence-corrected chi connectivity index (χ0v) is 19.5. The van der Waals surface area contributed by atoms with Crippen LogP contribution >= 0.6 is 11.8 Å². The Morgan fingerprint density at radius 3 is 2.09 bits per heavy atom. The van der Waals surface area contributed by atoms with E-state index >= 15 is 0 Å². The molecule has 172 valence electrons. The lowest BCUT2D eigenvalue weighted by Crippen LogP contribution is -2.24. The summed E-state index contributed by atoms with van der Waals surface area (Å²) in [5.41, 5.74) is 2.73. The molecule has 3 aromatic carbocycles. The van der Waals surface area contributed by atoms with Crippen molar-refractivity contribution in [2.45, 2.75) is 23.0 Å². The first kappa shape index (κ1) is 22.5. The van der Waals surface area contributed by atoms with Crippen molar-refractivity contribution in [1.82, 2.24) is 15.0 Å². The molecule has 0 saturated carbocycles. The Morgan fingerprint density at radius 1 is 0.771 bits per heavy atom. The highest BCUT2D eigenvalue weighted by atomic mass is 32.2. The Hall–Kier alpha value is -4.30. The summed E-state index contributed by atoms with van der Waals surface area (Å²) < 4.78 is 0. The minimum Gasteiger partial charge on any atom is -0.342 e. The lowest BCUT2D eigenvalue weighted by Gasteiger charge is -2.24. The molecule has 0 radical (unpaired) electrons. The van der Waals surface area contributed by atoms with Gasteiger partial charge in [-0.2, -0.15) is 0 Å². The maximum absolute atomic E-state index is 12.4. The van der Waals surface area contributed by atoms with Gasteiger partial charge in [-0.05, 0) is 23.3 Å². The lowest BCUT2D eigenvalue weighted by atomic mass is 10.1. The van der Waals surface area contributed by atoms with Crippen molar-refractivity contribution in [3.05, 3.63) is 125 Å². The number of benzene rings is 3. The molecule has 0 unspecified atom stereocenters. The minimum absolute atomic E-state index is 0.114. The van der Waals surface area contributed by atoms with E-state index in [0.717, 1.165) is 26.9 Å². The fraction of sp³-hybridized carbons (Fsp3) is 0.0741. The topological polar surface area (TPSA) is 85.0 Å². The van der Waals surface area contributed by atoms with Crippen molar-refractivity contribution in [2.24, 2.45) is 0 Å². The minimum atomic E-state index is -0.390. The largest absolute Gasteiger partial charge is 0.343 e. The predicted octanol–water partition coefficient (Wildman–Crippen LogP) is 6.29. The number of aromatic nitrogens is 3. The molecule has 8 heteroatoms. The van der Waals surface area contributed by atoms with Crippen LogP contribution in [0.3, 0.4) is 0 Å². The van der Waals surface area contributed by atoms with E-state index in [1.165, 1.54) is 18.1 Å². The zero-order chi connectivity index (χ0) is 24.0.